The van der Waals surface area contributed by atoms with Crippen molar-refractivity contribution in [2.24, 2.45) is 5.73 Å². The van der Waals surface area contributed by atoms with Gasteiger partial charge in [0.05, 0.1) is 11.1 Å². The molecule has 0 saturated carbocycles. The SMILES string of the molecule is NC(=S)CS(=O)(=O)CC(=O)NCC1CCCO1. The average molecular weight is 280 g/mol. The van der Waals surface area contributed by atoms with Gasteiger partial charge in [0.2, 0.25) is 5.91 Å². The number of thiocarbonyl (C=S) groups is 1. The van der Waals surface area contributed by atoms with E-state index < -0.39 is 27.3 Å². The van der Waals surface area contributed by atoms with Crippen LogP contribution in [0.25, 0.3) is 0 Å². The molecule has 0 aromatic carbocycles. The van der Waals surface area contributed by atoms with Crippen LogP contribution in [-0.4, -0.2) is 50.1 Å². The summed E-state index contributed by atoms with van der Waals surface area (Å²) in [6.07, 6.45) is 1.86. The van der Waals surface area contributed by atoms with E-state index in [1.807, 2.05) is 0 Å². The first-order valence-corrected chi connectivity index (χ1v) is 7.49. The van der Waals surface area contributed by atoms with Crippen molar-refractivity contribution < 1.29 is 17.9 Å². The Morgan fingerprint density at radius 1 is 1.47 bits per heavy atom. The zero-order valence-corrected chi connectivity index (χ0v) is 11.0. The lowest BCUT2D eigenvalue weighted by Crippen LogP contribution is -2.37. The number of nitrogens with one attached hydrogen (secondary N) is 1. The molecule has 1 fully saturated rings. The minimum atomic E-state index is -3.54. The molecule has 0 bridgehead atoms. The summed E-state index contributed by atoms with van der Waals surface area (Å²) < 4.78 is 28.1. The third-order valence-corrected chi connectivity index (χ3v) is 4.04. The average Bonchev–Trinajstić information content (AvgIpc) is 2.63. The van der Waals surface area contributed by atoms with Crippen molar-refractivity contribution in [1.29, 1.82) is 0 Å². The highest BCUT2D eigenvalue weighted by Gasteiger charge is 2.20. The van der Waals surface area contributed by atoms with Crippen LogP contribution >= 0.6 is 12.2 Å². The molecule has 0 aromatic rings. The van der Waals surface area contributed by atoms with Crippen LogP contribution in [0.3, 0.4) is 0 Å². The standard InChI is InChI=1S/C9H16N2O4S2/c10-8(16)5-17(13,14)6-9(12)11-4-7-2-1-3-15-7/h7H,1-6H2,(H2,10,16)(H,11,12). The lowest BCUT2D eigenvalue weighted by Gasteiger charge is -2.10. The number of amides is 1. The van der Waals surface area contributed by atoms with Crippen molar-refractivity contribution in [2.75, 3.05) is 24.7 Å². The molecule has 8 heteroatoms. The van der Waals surface area contributed by atoms with Gasteiger partial charge in [-0.2, -0.15) is 0 Å². The first-order valence-electron chi connectivity index (χ1n) is 5.26. The molecule has 3 N–H and O–H groups in total. The fraction of sp³-hybridized carbons (Fsp3) is 0.778. The first kappa shape index (κ1) is 14.3. The van der Waals surface area contributed by atoms with Crippen molar-refractivity contribution in [3.63, 3.8) is 0 Å². The Kier molecular flexibility index (Phi) is 5.29. The molecule has 1 heterocycles. The maximum atomic E-state index is 11.4. The van der Waals surface area contributed by atoms with E-state index in [0.29, 0.717) is 13.2 Å². The van der Waals surface area contributed by atoms with Gasteiger partial charge in [0.25, 0.3) is 0 Å². The van der Waals surface area contributed by atoms with Crippen molar-refractivity contribution in [1.82, 2.24) is 5.32 Å². The minimum Gasteiger partial charge on any atom is -0.392 e. The smallest absolute Gasteiger partial charge is 0.235 e. The molecule has 1 atom stereocenters. The Morgan fingerprint density at radius 3 is 2.71 bits per heavy atom. The van der Waals surface area contributed by atoms with Gasteiger partial charge in [0, 0.05) is 13.2 Å². The fourth-order valence-electron chi connectivity index (χ4n) is 1.55. The van der Waals surface area contributed by atoms with Gasteiger partial charge in [-0.1, -0.05) is 12.2 Å². The molecule has 1 aliphatic heterocycles. The Labute approximate surface area is 106 Å². The maximum Gasteiger partial charge on any atom is 0.235 e. The highest BCUT2D eigenvalue weighted by atomic mass is 32.2. The number of carbonyl (C=O) groups is 1. The summed E-state index contributed by atoms with van der Waals surface area (Å²) in [7, 11) is -3.54. The van der Waals surface area contributed by atoms with E-state index in [4.69, 9.17) is 10.5 Å². The minimum absolute atomic E-state index is 0.00256. The van der Waals surface area contributed by atoms with Crippen LogP contribution < -0.4 is 11.1 Å². The predicted octanol–water partition coefficient (Wildman–Crippen LogP) is -1.02. The normalized spacial score (nSPS) is 20.1. The zero-order chi connectivity index (χ0) is 12.9. The van der Waals surface area contributed by atoms with Gasteiger partial charge in [-0.05, 0) is 12.8 Å². The molecule has 0 radical (unpaired) electrons. The van der Waals surface area contributed by atoms with Gasteiger partial charge in [-0.25, -0.2) is 8.42 Å². The van der Waals surface area contributed by atoms with Gasteiger partial charge >= 0.3 is 0 Å². The molecule has 17 heavy (non-hydrogen) atoms. The predicted molar refractivity (Wildman–Crippen MR) is 67.4 cm³/mol. The van der Waals surface area contributed by atoms with Crippen molar-refractivity contribution in [3.8, 4) is 0 Å². The Hall–Kier alpha value is -0.730. The molecule has 1 rings (SSSR count). The summed E-state index contributed by atoms with van der Waals surface area (Å²) in [6.45, 7) is 1.04. The molecule has 1 saturated heterocycles. The molecule has 98 valence electrons. The van der Waals surface area contributed by atoms with Crippen LogP contribution in [-0.2, 0) is 19.4 Å². The van der Waals surface area contributed by atoms with E-state index in [-0.39, 0.29) is 11.1 Å². The highest BCUT2D eigenvalue weighted by Crippen LogP contribution is 2.10. The molecule has 1 amide bonds. The van der Waals surface area contributed by atoms with Crippen LogP contribution in [0.2, 0.25) is 0 Å². The molecular formula is C9H16N2O4S2. The topological polar surface area (TPSA) is 98.5 Å². The third kappa shape index (κ3) is 5.94. The van der Waals surface area contributed by atoms with E-state index in [9.17, 15) is 13.2 Å². The van der Waals surface area contributed by atoms with Crippen LogP contribution in [0, 0.1) is 0 Å². The number of hydrogen-bond donors (Lipinski definition) is 2. The van der Waals surface area contributed by atoms with E-state index in [1.54, 1.807) is 0 Å². The molecule has 0 aliphatic carbocycles. The second-order valence-corrected chi connectivity index (χ2v) is 6.53. The number of sulfone groups is 1. The molecule has 0 spiro atoms. The molecule has 6 nitrogen and oxygen atoms in total. The van der Waals surface area contributed by atoms with Gasteiger partial charge in [-0.15, -0.1) is 0 Å². The summed E-state index contributed by atoms with van der Waals surface area (Å²) in [5.41, 5.74) is 5.13. The molecule has 0 aromatic heterocycles. The summed E-state index contributed by atoms with van der Waals surface area (Å²) in [5, 5.41) is 2.53. The number of ether oxygens (including phenoxy) is 1. The Balaban J connectivity index is 2.30. The number of carbonyl (C=O) groups excluding carboxylic acids is 1. The monoisotopic (exact) mass is 280 g/mol. The number of hydrogen-bond acceptors (Lipinski definition) is 5. The van der Waals surface area contributed by atoms with E-state index in [1.165, 1.54) is 0 Å². The van der Waals surface area contributed by atoms with E-state index >= 15 is 0 Å². The summed E-state index contributed by atoms with van der Waals surface area (Å²) in [6, 6.07) is 0. The highest BCUT2D eigenvalue weighted by molar-refractivity contribution is 7.94. The summed E-state index contributed by atoms with van der Waals surface area (Å²) >= 11 is 4.50. The maximum absolute atomic E-state index is 11.4. The first-order chi connectivity index (χ1) is 7.89. The number of rotatable bonds is 6. The van der Waals surface area contributed by atoms with Gasteiger partial charge in [0.1, 0.15) is 11.5 Å². The van der Waals surface area contributed by atoms with Crippen LogP contribution in [0.5, 0.6) is 0 Å². The van der Waals surface area contributed by atoms with Crippen LogP contribution in [0.1, 0.15) is 12.8 Å². The van der Waals surface area contributed by atoms with Gasteiger partial charge < -0.3 is 15.8 Å². The molecule has 1 aliphatic rings. The van der Waals surface area contributed by atoms with Crippen LogP contribution in [0.4, 0.5) is 0 Å². The van der Waals surface area contributed by atoms with E-state index in [0.717, 1.165) is 12.8 Å². The second kappa shape index (κ2) is 6.27. The molecular weight excluding hydrogens is 264 g/mol. The second-order valence-electron chi connectivity index (χ2n) is 3.94. The third-order valence-electron chi connectivity index (χ3n) is 2.26. The quantitative estimate of drug-likeness (QED) is 0.604. The van der Waals surface area contributed by atoms with Crippen molar-refractivity contribution >= 4 is 33.0 Å². The summed E-state index contributed by atoms with van der Waals surface area (Å²) in [4.78, 5) is 11.2. The lowest BCUT2D eigenvalue weighted by molar-refractivity contribution is -0.119. The summed E-state index contributed by atoms with van der Waals surface area (Å²) in [5.74, 6) is -1.57. The van der Waals surface area contributed by atoms with Crippen molar-refractivity contribution in [3.05, 3.63) is 0 Å². The van der Waals surface area contributed by atoms with Gasteiger partial charge in [0.15, 0.2) is 9.84 Å². The lowest BCUT2D eigenvalue weighted by atomic mass is 10.2. The molecule has 1 unspecified atom stereocenters. The van der Waals surface area contributed by atoms with Crippen molar-refractivity contribution in [2.45, 2.75) is 18.9 Å². The van der Waals surface area contributed by atoms with E-state index in [2.05, 4.69) is 17.5 Å². The number of nitrogens with two attached hydrogens (primary N) is 1. The Morgan fingerprint density at radius 2 is 2.18 bits per heavy atom. The zero-order valence-electron chi connectivity index (χ0n) is 9.35. The Bertz CT molecular complexity index is 388. The van der Waals surface area contributed by atoms with Gasteiger partial charge in [-0.3, -0.25) is 4.79 Å². The van der Waals surface area contributed by atoms with Crippen LogP contribution in [0.15, 0.2) is 0 Å². The fourth-order valence-corrected chi connectivity index (χ4v) is 3.13. The largest absolute Gasteiger partial charge is 0.392 e.